The van der Waals surface area contributed by atoms with E-state index in [-0.39, 0.29) is 6.54 Å². The van der Waals surface area contributed by atoms with Gasteiger partial charge in [0, 0.05) is 16.2 Å². The third-order valence-corrected chi connectivity index (χ3v) is 3.72. The summed E-state index contributed by atoms with van der Waals surface area (Å²) in [6, 6.07) is 7.93. The first-order valence-electron chi connectivity index (χ1n) is 4.22. The quantitative estimate of drug-likeness (QED) is 0.721. The number of nitrogens with zero attached hydrogens (tertiary/aromatic N) is 1. The number of fused-ring (bicyclic) bond motifs is 1. The van der Waals surface area contributed by atoms with E-state index in [1.54, 1.807) is 11.8 Å². The van der Waals surface area contributed by atoms with Crippen LogP contribution in [0.25, 0.3) is 5.03 Å². The van der Waals surface area contributed by atoms with Gasteiger partial charge in [-0.15, -0.1) is 11.8 Å². The molecule has 14 heavy (non-hydrogen) atoms. The van der Waals surface area contributed by atoms with Crippen LogP contribution >= 0.6 is 23.4 Å². The number of hydrogen-bond donors (Lipinski definition) is 0. The molecule has 0 saturated carbocycles. The Morgan fingerprint density at radius 2 is 2.21 bits per heavy atom. The van der Waals surface area contributed by atoms with E-state index in [1.807, 2.05) is 24.3 Å². The normalized spacial score (nSPS) is 15.2. The topological polar surface area (TPSA) is 29.4 Å². The van der Waals surface area contributed by atoms with Crippen LogP contribution in [0.4, 0.5) is 0 Å². The van der Waals surface area contributed by atoms with Gasteiger partial charge in [-0.05, 0) is 11.6 Å². The van der Waals surface area contributed by atoms with E-state index in [2.05, 4.69) is 5.18 Å². The number of hydrogen-bond acceptors (Lipinski definition) is 3. The van der Waals surface area contributed by atoms with Gasteiger partial charge in [-0.1, -0.05) is 35.0 Å². The van der Waals surface area contributed by atoms with E-state index in [0.717, 1.165) is 16.9 Å². The minimum atomic E-state index is 0.195. The van der Waals surface area contributed by atoms with Crippen LogP contribution in [-0.2, 0) is 0 Å². The van der Waals surface area contributed by atoms with Crippen LogP contribution in [0.5, 0.6) is 0 Å². The molecule has 1 aromatic rings. The van der Waals surface area contributed by atoms with Crippen LogP contribution in [0.1, 0.15) is 5.56 Å². The van der Waals surface area contributed by atoms with Crippen LogP contribution in [0.2, 0.25) is 0 Å². The summed E-state index contributed by atoms with van der Waals surface area (Å²) < 4.78 is 0. The summed E-state index contributed by atoms with van der Waals surface area (Å²) in [5, 5.41) is 3.57. The molecule has 72 valence electrons. The highest BCUT2D eigenvalue weighted by atomic mass is 35.5. The van der Waals surface area contributed by atoms with Gasteiger partial charge >= 0.3 is 0 Å². The highest BCUT2D eigenvalue weighted by molar-refractivity contribution is 7.99. The van der Waals surface area contributed by atoms with E-state index in [0.29, 0.717) is 5.03 Å². The molecule has 1 aromatic carbocycles. The molecular formula is C10H8ClNOS. The molecule has 2 rings (SSSR count). The molecule has 0 spiro atoms. The molecule has 0 N–H and O–H groups in total. The highest BCUT2D eigenvalue weighted by Crippen LogP contribution is 2.38. The lowest BCUT2D eigenvalue weighted by Gasteiger charge is -2.17. The highest BCUT2D eigenvalue weighted by Gasteiger charge is 2.17. The minimum Gasteiger partial charge on any atom is -0.150 e. The molecule has 2 nitrogen and oxygen atoms in total. The Kier molecular flexibility index (Phi) is 2.89. The Bertz CT molecular complexity index is 403. The van der Waals surface area contributed by atoms with Crippen molar-refractivity contribution in [1.82, 2.24) is 0 Å². The average molecular weight is 226 g/mol. The number of halogens is 1. The van der Waals surface area contributed by atoms with E-state index in [9.17, 15) is 4.91 Å². The predicted molar refractivity (Wildman–Crippen MR) is 60.6 cm³/mol. The summed E-state index contributed by atoms with van der Waals surface area (Å²) in [6.07, 6.45) is 0. The van der Waals surface area contributed by atoms with Crippen molar-refractivity contribution in [2.45, 2.75) is 4.90 Å². The molecule has 0 amide bonds. The van der Waals surface area contributed by atoms with E-state index in [4.69, 9.17) is 11.6 Å². The maximum atomic E-state index is 10.2. The van der Waals surface area contributed by atoms with Crippen LogP contribution in [-0.4, -0.2) is 12.3 Å². The lowest BCUT2D eigenvalue weighted by Crippen LogP contribution is -2.01. The fourth-order valence-electron chi connectivity index (χ4n) is 1.39. The van der Waals surface area contributed by atoms with E-state index < -0.39 is 0 Å². The van der Waals surface area contributed by atoms with Crippen LogP contribution < -0.4 is 0 Å². The van der Waals surface area contributed by atoms with Crippen molar-refractivity contribution in [3.63, 3.8) is 0 Å². The van der Waals surface area contributed by atoms with Crippen LogP contribution in [0.3, 0.4) is 0 Å². The maximum absolute atomic E-state index is 10.2. The predicted octanol–water partition coefficient (Wildman–Crippen LogP) is 3.51. The Morgan fingerprint density at radius 3 is 3.00 bits per heavy atom. The van der Waals surface area contributed by atoms with Gasteiger partial charge in [-0.2, -0.15) is 4.91 Å². The van der Waals surface area contributed by atoms with Gasteiger partial charge in [0.2, 0.25) is 0 Å². The van der Waals surface area contributed by atoms with Crippen LogP contribution in [0.15, 0.2) is 39.9 Å². The first-order chi connectivity index (χ1) is 6.83. The zero-order chi connectivity index (χ0) is 9.97. The van der Waals surface area contributed by atoms with Crippen molar-refractivity contribution in [1.29, 1.82) is 0 Å². The van der Waals surface area contributed by atoms with E-state index >= 15 is 0 Å². The third-order valence-electron chi connectivity index (χ3n) is 2.09. The fourth-order valence-corrected chi connectivity index (χ4v) is 2.88. The zero-order valence-corrected chi connectivity index (χ0v) is 8.94. The summed E-state index contributed by atoms with van der Waals surface area (Å²) >= 11 is 7.86. The summed E-state index contributed by atoms with van der Waals surface area (Å²) in [5.41, 5.74) is 1.94. The zero-order valence-electron chi connectivity index (χ0n) is 7.37. The van der Waals surface area contributed by atoms with Gasteiger partial charge in [0.05, 0.1) is 5.03 Å². The van der Waals surface area contributed by atoms with E-state index in [1.165, 1.54) is 4.90 Å². The van der Waals surface area contributed by atoms with Gasteiger partial charge in [0.15, 0.2) is 0 Å². The molecule has 1 aliphatic rings. The van der Waals surface area contributed by atoms with Crippen molar-refractivity contribution in [3.05, 3.63) is 40.3 Å². The van der Waals surface area contributed by atoms with Gasteiger partial charge in [0.25, 0.3) is 0 Å². The monoisotopic (exact) mass is 225 g/mol. The van der Waals surface area contributed by atoms with Gasteiger partial charge in [-0.25, -0.2) is 0 Å². The van der Waals surface area contributed by atoms with Crippen molar-refractivity contribution >= 4 is 28.4 Å². The van der Waals surface area contributed by atoms with Gasteiger partial charge < -0.3 is 0 Å². The fraction of sp³-hybridized carbons (Fsp3) is 0.200. The Hall–Kier alpha value is -0.800. The Labute approximate surface area is 91.3 Å². The molecule has 1 heterocycles. The number of benzene rings is 1. The minimum absolute atomic E-state index is 0.195. The van der Waals surface area contributed by atoms with Crippen molar-refractivity contribution in [2.75, 3.05) is 12.3 Å². The molecule has 0 unspecified atom stereocenters. The summed E-state index contributed by atoms with van der Waals surface area (Å²) in [4.78, 5) is 11.4. The second-order valence-electron chi connectivity index (χ2n) is 2.99. The molecule has 0 aliphatic carbocycles. The van der Waals surface area contributed by atoms with Crippen molar-refractivity contribution in [3.8, 4) is 0 Å². The largest absolute Gasteiger partial charge is 0.150 e. The Balaban J connectivity index is 2.45. The average Bonchev–Trinajstić information content (AvgIpc) is 2.23. The summed E-state index contributed by atoms with van der Waals surface area (Å²) in [7, 11) is 0. The van der Waals surface area contributed by atoms with Crippen LogP contribution in [0, 0.1) is 4.91 Å². The molecular weight excluding hydrogens is 218 g/mol. The Morgan fingerprint density at radius 1 is 1.43 bits per heavy atom. The standard InChI is InChI=1S/C10H8ClNOS/c11-10-7(5-12-13)6-14-9-4-2-1-3-8(9)10/h1-4H,5-6H2. The first-order valence-corrected chi connectivity index (χ1v) is 5.58. The molecule has 0 saturated heterocycles. The SMILES string of the molecule is O=NCC1=C(Cl)c2ccccc2SC1. The molecule has 0 bridgehead atoms. The molecule has 0 atom stereocenters. The molecule has 1 aliphatic heterocycles. The first kappa shape index (κ1) is 9.74. The molecule has 0 radical (unpaired) electrons. The van der Waals surface area contributed by atoms with Gasteiger partial charge in [0.1, 0.15) is 6.54 Å². The summed E-state index contributed by atoms with van der Waals surface area (Å²) in [6.45, 7) is 0.195. The second-order valence-corrected chi connectivity index (χ2v) is 4.38. The van der Waals surface area contributed by atoms with Crippen molar-refractivity contribution in [2.24, 2.45) is 5.18 Å². The molecule has 4 heteroatoms. The smallest absolute Gasteiger partial charge is 0.105 e. The number of thioether (sulfide) groups is 1. The second kappa shape index (κ2) is 4.15. The number of rotatable bonds is 2. The molecule has 0 fully saturated rings. The third kappa shape index (κ3) is 1.70. The van der Waals surface area contributed by atoms with Gasteiger partial charge in [-0.3, -0.25) is 0 Å². The summed E-state index contributed by atoms with van der Waals surface area (Å²) in [5.74, 6) is 0.765. The maximum Gasteiger partial charge on any atom is 0.105 e. The lowest BCUT2D eigenvalue weighted by atomic mass is 10.1. The molecule has 0 aromatic heterocycles. The lowest BCUT2D eigenvalue weighted by molar-refractivity contribution is 1.13. The van der Waals surface area contributed by atoms with Crippen molar-refractivity contribution < 1.29 is 0 Å². The number of nitroso groups, excluding NO2 is 1.